The lowest BCUT2D eigenvalue weighted by Crippen LogP contribution is -2.23. The first kappa shape index (κ1) is 13.5. The molecule has 0 N–H and O–H groups in total. The molecule has 102 valence electrons. The van der Waals surface area contributed by atoms with Crippen molar-refractivity contribution in [1.29, 1.82) is 0 Å². The molecule has 1 aliphatic heterocycles. The minimum Gasteiger partial charge on any atom is -0.454 e. The van der Waals surface area contributed by atoms with Gasteiger partial charge < -0.3 is 9.39 Å². The van der Waals surface area contributed by atoms with Gasteiger partial charge in [-0.15, -0.1) is 0 Å². The normalized spacial score (nSPS) is 13.5. The van der Waals surface area contributed by atoms with E-state index in [-0.39, 0.29) is 12.7 Å². The fraction of sp³-hybridized carbons (Fsp3) is 0.200. The Morgan fingerprint density at radius 1 is 1.30 bits per heavy atom. The molecule has 1 heterocycles. The number of ether oxygens (including phenoxy) is 1. The van der Waals surface area contributed by atoms with Gasteiger partial charge in [0.15, 0.2) is 11.6 Å². The summed E-state index contributed by atoms with van der Waals surface area (Å²) in [6, 6.07) is 8.52. The summed E-state index contributed by atoms with van der Waals surface area (Å²) in [5.41, 5.74) is 2.92. The van der Waals surface area contributed by atoms with Crippen LogP contribution in [0.4, 0.5) is 4.39 Å². The molecule has 2 aromatic rings. The third-order valence-corrected chi connectivity index (χ3v) is 3.89. The van der Waals surface area contributed by atoms with Crippen molar-refractivity contribution in [2.45, 2.75) is 20.4 Å². The molecule has 3 rings (SSSR count). The first-order chi connectivity index (χ1) is 9.54. The summed E-state index contributed by atoms with van der Waals surface area (Å²) in [5.74, 6) is 0.296. The molecule has 1 aliphatic rings. The van der Waals surface area contributed by atoms with E-state index >= 15 is 0 Å². The third kappa shape index (κ3) is 2.41. The van der Waals surface area contributed by atoms with E-state index in [2.05, 4.69) is 0 Å². The van der Waals surface area contributed by atoms with Crippen molar-refractivity contribution in [1.82, 2.24) is 0 Å². The zero-order valence-corrected chi connectivity index (χ0v) is 12.0. The van der Waals surface area contributed by atoms with Gasteiger partial charge in [-0.25, -0.2) is 4.39 Å². The molecule has 2 nitrogen and oxygen atoms in total. The molecule has 2 aromatic carbocycles. The van der Waals surface area contributed by atoms with Gasteiger partial charge in [0.2, 0.25) is 0 Å². The van der Waals surface area contributed by atoms with Crippen LogP contribution in [0.2, 0.25) is 11.8 Å². The van der Waals surface area contributed by atoms with E-state index in [9.17, 15) is 4.39 Å². The highest BCUT2D eigenvalue weighted by Crippen LogP contribution is 2.30. The quantitative estimate of drug-likeness (QED) is 0.780. The highest BCUT2D eigenvalue weighted by molar-refractivity contribution is 6.67. The third-order valence-electron chi connectivity index (χ3n) is 3.48. The maximum absolute atomic E-state index is 13.8. The molecule has 0 spiro atoms. The summed E-state index contributed by atoms with van der Waals surface area (Å²) >= 11 is 6.00. The summed E-state index contributed by atoms with van der Waals surface area (Å²) in [6.07, 6.45) is 0. The molecule has 0 bridgehead atoms. The summed E-state index contributed by atoms with van der Waals surface area (Å²) < 4.78 is 25.0. The average molecular weight is 291 g/mol. The van der Waals surface area contributed by atoms with E-state index < -0.39 is 5.82 Å². The highest BCUT2D eigenvalue weighted by atomic mass is 35.5. The van der Waals surface area contributed by atoms with Crippen LogP contribution in [0, 0.1) is 12.7 Å². The van der Waals surface area contributed by atoms with E-state index in [0.29, 0.717) is 22.9 Å². The molecule has 0 atom stereocenters. The molecular weight excluding hydrogens is 277 g/mol. The SMILES string of the molecule is CB1OCc2cc(Oc3cc(Cl)c(C)cc3F)ccc21. The van der Waals surface area contributed by atoms with Crippen LogP contribution in [0.3, 0.4) is 0 Å². The first-order valence-electron chi connectivity index (χ1n) is 6.42. The maximum Gasteiger partial charge on any atom is 0.324 e. The van der Waals surface area contributed by atoms with Crippen LogP contribution in [0.1, 0.15) is 11.1 Å². The Morgan fingerprint density at radius 3 is 2.90 bits per heavy atom. The molecule has 5 heteroatoms. The minimum absolute atomic E-state index is 0.101. The van der Waals surface area contributed by atoms with Gasteiger partial charge in [-0.05, 0) is 41.7 Å². The van der Waals surface area contributed by atoms with Crippen molar-refractivity contribution < 1.29 is 13.8 Å². The van der Waals surface area contributed by atoms with Crippen LogP contribution in [0.5, 0.6) is 11.5 Å². The van der Waals surface area contributed by atoms with Gasteiger partial charge in [-0.2, -0.15) is 0 Å². The lowest BCUT2D eigenvalue weighted by atomic mass is 9.64. The Balaban J connectivity index is 1.91. The number of hydrogen-bond donors (Lipinski definition) is 0. The molecular formula is C15H13BClFO2. The monoisotopic (exact) mass is 290 g/mol. The predicted octanol–water partition coefficient (Wildman–Crippen LogP) is 3.94. The second-order valence-corrected chi connectivity index (χ2v) is 5.35. The van der Waals surface area contributed by atoms with Gasteiger partial charge in [-0.3, -0.25) is 0 Å². The van der Waals surface area contributed by atoms with Crippen LogP contribution in [0.15, 0.2) is 30.3 Å². The minimum atomic E-state index is -0.419. The molecule has 0 aliphatic carbocycles. The fourth-order valence-corrected chi connectivity index (χ4v) is 2.46. The highest BCUT2D eigenvalue weighted by Gasteiger charge is 2.23. The summed E-state index contributed by atoms with van der Waals surface area (Å²) in [6.45, 7) is 4.42. The second kappa shape index (κ2) is 5.11. The lowest BCUT2D eigenvalue weighted by Gasteiger charge is -2.10. The van der Waals surface area contributed by atoms with E-state index in [1.807, 2.05) is 25.0 Å². The standard InChI is InChI=1S/C15H13BClFO2/c1-9-5-14(18)15(7-13(9)17)20-11-3-4-12-10(6-11)8-19-16(12)2/h3-7H,8H2,1-2H3. The summed E-state index contributed by atoms with van der Waals surface area (Å²) in [5, 5.41) is 0.486. The van der Waals surface area contributed by atoms with E-state index in [0.717, 1.165) is 11.0 Å². The maximum atomic E-state index is 13.8. The smallest absolute Gasteiger partial charge is 0.324 e. The molecule has 0 fully saturated rings. The number of rotatable bonds is 2. The molecule has 0 amide bonds. The Bertz CT molecular complexity index is 675. The molecule has 0 saturated carbocycles. The topological polar surface area (TPSA) is 18.5 Å². The van der Waals surface area contributed by atoms with Gasteiger partial charge >= 0.3 is 6.92 Å². The Hall–Kier alpha value is -1.52. The van der Waals surface area contributed by atoms with Crippen LogP contribution >= 0.6 is 11.6 Å². The fourth-order valence-electron chi connectivity index (χ4n) is 2.30. The van der Waals surface area contributed by atoms with Gasteiger partial charge in [0, 0.05) is 11.1 Å². The average Bonchev–Trinajstić information content (AvgIpc) is 2.77. The number of aryl methyl sites for hydroxylation is 1. The molecule has 20 heavy (non-hydrogen) atoms. The number of halogens is 2. The molecule has 0 radical (unpaired) electrons. The van der Waals surface area contributed by atoms with Crippen LogP contribution in [0.25, 0.3) is 0 Å². The van der Waals surface area contributed by atoms with E-state index in [1.165, 1.54) is 12.1 Å². The molecule has 0 aromatic heterocycles. The summed E-state index contributed by atoms with van der Waals surface area (Å²) in [7, 11) is 0. The van der Waals surface area contributed by atoms with Crippen molar-refractivity contribution in [2.75, 3.05) is 0 Å². The van der Waals surface area contributed by atoms with Crippen molar-refractivity contribution in [3.05, 3.63) is 52.3 Å². The zero-order valence-electron chi connectivity index (χ0n) is 11.2. The van der Waals surface area contributed by atoms with Gasteiger partial charge in [0.25, 0.3) is 0 Å². The number of benzene rings is 2. The van der Waals surface area contributed by atoms with Crippen LogP contribution in [-0.2, 0) is 11.3 Å². The Labute approximate surface area is 122 Å². The van der Waals surface area contributed by atoms with Crippen molar-refractivity contribution in [3.8, 4) is 11.5 Å². The van der Waals surface area contributed by atoms with Crippen molar-refractivity contribution >= 4 is 24.0 Å². The first-order valence-corrected chi connectivity index (χ1v) is 6.80. The Morgan fingerprint density at radius 2 is 2.10 bits per heavy atom. The van der Waals surface area contributed by atoms with Gasteiger partial charge in [0.05, 0.1) is 6.61 Å². The van der Waals surface area contributed by atoms with E-state index in [1.54, 1.807) is 6.92 Å². The number of hydrogen-bond acceptors (Lipinski definition) is 2. The molecule has 0 unspecified atom stereocenters. The largest absolute Gasteiger partial charge is 0.454 e. The predicted molar refractivity (Wildman–Crippen MR) is 78.7 cm³/mol. The van der Waals surface area contributed by atoms with Crippen LogP contribution < -0.4 is 10.2 Å². The molecule has 0 saturated heterocycles. The van der Waals surface area contributed by atoms with Crippen LogP contribution in [-0.4, -0.2) is 6.92 Å². The number of fused-ring (bicyclic) bond motifs is 1. The van der Waals surface area contributed by atoms with Crippen molar-refractivity contribution in [3.63, 3.8) is 0 Å². The Kier molecular flexibility index (Phi) is 3.44. The van der Waals surface area contributed by atoms with E-state index in [4.69, 9.17) is 21.0 Å². The van der Waals surface area contributed by atoms with Gasteiger partial charge in [-0.1, -0.05) is 24.5 Å². The van der Waals surface area contributed by atoms with Gasteiger partial charge in [0.1, 0.15) is 5.75 Å². The second-order valence-electron chi connectivity index (χ2n) is 4.95. The summed E-state index contributed by atoms with van der Waals surface area (Å²) in [4.78, 5) is 0. The lowest BCUT2D eigenvalue weighted by molar-refractivity contribution is 0.333. The zero-order chi connectivity index (χ0) is 14.3. The van der Waals surface area contributed by atoms with Crippen molar-refractivity contribution in [2.24, 2.45) is 0 Å².